The van der Waals surface area contributed by atoms with Gasteiger partial charge < -0.3 is 0 Å². The van der Waals surface area contributed by atoms with Gasteiger partial charge in [-0.1, -0.05) is 30.2 Å². The molecule has 0 amide bonds. The van der Waals surface area contributed by atoms with Gasteiger partial charge in [0.25, 0.3) is 0 Å². The third-order valence-electron chi connectivity index (χ3n) is 3.43. The van der Waals surface area contributed by atoms with Gasteiger partial charge in [-0.15, -0.1) is 6.42 Å². The van der Waals surface area contributed by atoms with E-state index in [0.29, 0.717) is 0 Å². The molecule has 0 atom stereocenters. The van der Waals surface area contributed by atoms with Gasteiger partial charge >= 0.3 is 0 Å². The zero-order valence-corrected chi connectivity index (χ0v) is 10.8. The van der Waals surface area contributed by atoms with Gasteiger partial charge in [0.05, 0.1) is 0 Å². The lowest BCUT2D eigenvalue weighted by Crippen LogP contribution is -1.92. The molecule has 1 heterocycles. The standard InChI is InChI=1S/C16H14S/c1-4-12-9-10-14-13-7-5-6-8-15(13)17(2,3)16(14)11-12/h1,5-11H,2-3H3. The molecule has 0 bridgehead atoms. The summed E-state index contributed by atoms with van der Waals surface area (Å²) < 4.78 is 0. The Kier molecular flexibility index (Phi) is 2.11. The van der Waals surface area contributed by atoms with E-state index < -0.39 is 10.0 Å². The topological polar surface area (TPSA) is 0 Å². The molecule has 0 saturated carbocycles. The lowest BCUT2D eigenvalue weighted by Gasteiger charge is -2.28. The fraction of sp³-hybridized carbons (Fsp3) is 0.125. The summed E-state index contributed by atoms with van der Waals surface area (Å²) >= 11 is 0. The number of terminal acetylenes is 1. The van der Waals surface area contributed by atoms with E-state index in [9.17, 15) is 0 Å². The van der Waals surface area contributed by atoms with Crippen molar-refractivity contribution in [3.05, 3.63) is 48.0 Å². The van der Waals surface area contributed by atoms with Crippen molar-refractivity contribution >= 4 is 10.0 Å². The predicted octanol–water partition coefficient (Wildman–Crippen LogP) is 4.13. The van der Waals surface area contributed by atoms with Crippen LogP contribution >= 0.6 is 10.0 Å². The Bertz CT molecular complexity index is 645. The fourth-order valence-electron chi connectivity index (χ4n) is 2.51. The quantitative estimate of drug-likeness (QED) is 0.605. The highest BCUT2D eigenvalue weighted by molar-refractivity contribution is 8.33. The first-order valence-electron chi connectivity index (χ1n) is 5.58. The van der Waals surface area contributed by atoms with Gasteiger partial charge in [0.2, 0.25) is 0 Å². The summed E-state index contributed by atoms with van der Waals surface area (Å²) in [6.45, 7) is 0. The molecule has 2 aromatic rings. The summed E-state index contributed by atoms with van der Waals surface area (Å²) in [6, 6.07) is 15.1. The van der Waals surface area contributed by atoms with Crippen LogP contribution in [0.5, 0.6) is 0 Å². The third-order valence-corrected chi connectivity index (χ3v) is 6.32. The first kappa shape index (κ1) is 10.5. The van der Waals surface area contributed by atoms with Crippen LogP contribution in [-0.4, -0.2) is 12.5 Å². The zero-order valence-electron chi connectivity index (χ0n) is 10.0. The molecule has 1 heteroatoms. The Hall–Kier alpha value is -1.65. The Morgan fingerprint density at radius 2 is 1.65 bits per heavy atom. The van der Waals surface area contributed by atoms with Gasteiger partial charge in [0, 0.05) is 15.4 Å². The van der Waals surface area contributed by atoms with Crippen molar-refractivity contribution in [1.82, 2.24) is 0 Å². The van der Waals surface area contributed by atoms with Gasteiger partial charge in [-0.25, -0.2) is 0 Å². The minimum absolute atomic E-state index is 0.893. The normalized spacial score (nSPS) is 16.8. The molecule has 0 spiro atoms. The number of fused-ring (bicyclic) bond motifs is 3. The van der Waals surface area contributed by atoms with E-state index in [2.05, 4.69) is 54.8 Å². The van der Waals surface area contributed by atoms with E-state index >= 15 is 0 Å². The van der Waals surface area contributed by atoms with Crippen LogP contribution in [0, 0.1) is 12.3 Å². The Balaban J connectivity index is 2.36. The molecule has 84 valence electrons. The summed E-state index contributed by atoms with van der Waals surface area (Å²) in [5.41, 5.74) is 3.72. The van der Waals surface area contributed by atoms with E-state index in [1.54, 1.807) is 0 Å². The van der Waals surface area contributed by atoms with Crippen molar-refractivity contribution in [2.75, 3.05) is 12.5 Å². The van der Waals surface area contributed by atoms with Gasteiger partial charge in [-0.3, -0.25) is 0 Å². The maximum absolute atomic E-state index is 5.50. The van der Waals surface area contributed by atoms with E-state index in [-0.39, 0.29) is 0 Å². The second kappa shape index (κ2) is 3.42. The van der Waals surface area contributed by atoms with Crippen molar-refractivity contribution in [2.24, 2.45) is 0 Å². The number of rotatable bonds is 0. The Labute approximate surface area is 104 Å². The van der Waals surface area contributed by atoms with Crippen LogP contribution in [0.4, 0.5) is 0 Å². The summed E-state index contributed by atoms with van der Waals surface area (Å²) in [6.07, 6.45) is 10.2. The maximum Gasteiger partial charge on any atom is 0.0253 e. The molecule has 0 aromatic heterocycles. The highest BCUT2D eigenvalue weighted by atomic mass is 32.3. The second-order valence-corrected chi connectivity index (χ2v) is 8.21. The smallest absolute Gasteiger partial charge is 0.0253 e. The van der Waals surface area contributed by atoms with Crippen molar-refractivity contribution in [3.63, 3.8) is 0 Å². The number of benzene rings is 2. The molecule has 0 fully saturated rings. The molecule has 1 aliphatic rings. The van der Waals surface area contributed by atoms with Crippen molar-refractivity contribution < 1.29 is 0 Å². The van der Waals surface area contributed by atoms with Crippen LogP contribution in [0.3, 0.4) is 0 Å². The molecule has 3 rings (SSSR count). The van der Waals surface area contributed by atoms with Crippen molar-refractivity contribution in [2.45, 2.75) is 9.79 Å². The van der Waals surface area contributed by atoms with E-state index in [0.717, 1.165) is 5.56 Å². The monoisotopic (exact) mass is 238 g/mol. The molecular weight excluding hydrogens is 224 g/mol. The molecule has 0 radical (unpaired) electrons. The van der Waals surface area contributed by atoms with E-state index in [4.69, 9.17) is 6.42 Å². The molecular formula is C16H14S. The SMILES string of the molecule is C#Cc1ccc2c(c1)S(C)(C)c1ccccc1-2. The van der Waals surface area contributed by atoms with Crippen LogP contribution in [-0.2, 0) is 0 Å². The fourth-order valence-corrected chi connectivity index (χ4v) is 5.04. The molecule has 1 aliphatic heterocycles. The summed E-state index contributed by atoms with van der Waals surface area (Å²) in [5.74, 6) is 2.73. The molecule has 0 aliphatic carbocycles. The molecule has 0 saturated heterocycles. The molecule has 17 heavy (non-hydrogen) atoms. The van der Waals surface area contributed by atoms with Gasteiger partial charge in [0.15, 0.2) is 0 Å². The van der Waals surface area contributed by atoms with Gasteiger partial charge in [-0.2, -0.15) is 10.0 Å². The average Bonchev–Trinajstić information content (AvgIpc) is 2.59. The molecule has 2 aromatic carbocycles. The average molecular weight is 238 g/mol. The first-order chi connectivity index (χ1) is 8.14. The van der Waals surface area contributed by atoms with Crippen LogP contribution < -0.4 is 0 Å². The first-order valence-corrected chi connectivity index (χ1v) is 8.03. The maximum atomic E-state index is 5.50. The highest BCUT2D eigenvalue weighted by Gasteiger charge is 2.31. The second-order valence-electron chi connectivity index (χ2n) is 4.68. The third kappa shape index (κ3) is 1.34. The summed E-state index contributed by atoms with van der Waals surface area (Å²) in [5, 5.41) is 0. The predicted molar refractivity (Wildman–Crippen MR) is 75.8 cm³/mol. The lowest BCUT2D eigenvalue weighted by molar-refractivity contribution is 1.43. The minimum atomic E-state index is -0.893. The van der Waals surface area contributed by atoms with Gasteiger partial charge in [-0.05, 0) is 41.8 Å². The number of hydrogen-bond acceptors (Lipinski definition) is 0. The lowest BCUT2D eigenvalue weighted by atomic mass is 10.0. The molecule has 0 unspecified atom stereocenters. The van der Waals surface area contributed by atoms with Gasteiger partial charge in [0.1, 0.15) is 0 Å². The molecule has 0 nitrogen and oxygen atoms in total. The van der Waals surface area contributed by atoms with Crippen LogP contribution in [0.2, 0.25) is 0 Å². The van der Waals surface area contributed by atoms with Crippen molar-refractivity contribution in [1.29, 1.82) is 0 Å². The summed E-state index contributed by atoms with van der Waals surface area (Å²) in [4.78, 5) is 2.90. The van der Waals surface area contributed by atoms with Crippen LogP contribution in [0.15, 0.2) is 52.3 Å². The Morgan fingerprint density at radius 1 is 0.941 bits per heavy atom. The largest absolute Gasteiger partial charge is 0.192 e. The highest BCUT2D eigenvalue weighted by Crippen LogP contribution is 2.67. The number of hydrogen-bond donors (Lipinski definition) is 0. The van der Waals surface area contributed by atoms with E-state index in [1.807, 2.05) is 6.07 Å². The minimum Gasteiger partial charge on any atom is -0.192 e. The Morgan fingerprint density at radius 3 is 2.41 bits per heavy atom. The van der Waals surface area contributed by atoms with Crippen LogP contribution in [0.1, 0.15) is 5.56 Å². The van der Waals surface area contributed by atoms with E-state index in [1.165, 1.54) is 20.9 Å². The summed E-state index contributed by atoms with van der Waals surface area (Å²) in [7, 11) is -0.893. The molecule has 0 N–H and O–H groups in total. The zero-order chi connectivity index (χ0) is 12.0. The van der Waals surface area contributed by atoms with Crippen molar-refractivity contribution in [3.8, 4) is 23.5 Å². The van der Waals surface area contributed by atoms with Crippen LogP contribution in [0.25, 0.3) is 11.1 Å².